The molecule has 0 spiro atoms. The minimum atomic E-state index is -0.850. The molecule has 0 saturated heterocycles. The van der Waals surface area contributed by atoms with Crippen molar-refractivity contribution in [2.24, 2.45) is 10.2 Å². The van der Waals surface area contributed by atoms with E-state index >= 15 is 0 Å². The van der Waals surface area contributed by atoms with Crippen LogP contribution in [-0.2, 0) is 0 Å². The maximum atomic E-state index is 8.95. The van der Waals surface area contributed by atoms with E-state index < -0.39 is 11.1 Å². The van der Waals surface area contributed by atoms with Gasteiger partial charge in [-0.3, -0.25) is 10.8 Å². The highest BCUT2D eigenvalue weighted by atomic mass is 35.5. The average molecular weight is 387 g/mol. The standard InChI is InChI=1S/C14H30N6O2.2ClH/c1-13(2,11(15)19(5)7-9-21)17-18-14(3,4)12(16)20(6)8-10-22;;/h15-16,21-22H,7-10H2,1-6H3;2*1H. The Balaban J connectivity index is -0.00000220. The Morgan fingerprint density at radius 2 is 1.04 bits per heavy atom. The number of likely N-dealkylation sites (N-methyl/N-ethyl adjacent to an activating group) is 2. The molecule has 144 valence electrons. The summed E-state index contributed by atoms with van der Waals surface area (Å²) < 4.78 is 0. The summed E-state index contributed by atoms with van der Waals surface area (Å²) in [6, 6.07) is 0. The van der Waals surface area contributed by atoms with Crippen LogP contribution in [-0.4, -0.2) is 83.2 Å². The number of aliphatic hydroxyl groups is 2. The maximum absolute atomic E-state index is 8.95. The molecule has 8 nitrogen and oxygen atoms in total. The third-order valence-electron chi connectivity index (χ3n) is 3.34. The fourth-order valence-electron chi connectivity index (χ4n) is 1.80. The SMILES string of the molecule is CN(CCO)C(=N)C(C)(C)N=NC(C)(C)C(=N)N(C)CCO.Cl.Cl. The number of azo groups is 1. The summed E-state index contributed by atoms with van der Waals surface area (Å²) in [4.78, 5) is 3.24. The number of rotatable bonds is 8. The summed E-state index contributed by atoms with van der Waals surface area (Å²) in [6.07, 6.45) is 0. The normalized spacial score (nSPS) is 11.5. The summed E-state index contributed by atoms with van der Waals surface area (Å²) in [5.74, 6) is 0.493. The summed E-state index contributed by atoms with van der Waals surface area (Å²) in [5.41, 5.74) is -1.70. The smallest absolute Gasteiger partial charge is 0.132 e. The second kappa shape index (κ2) is 11.6. The third-order valence-corrected chi connectivity index (χ3v) is 3.34. The van der Waals surface area contributed by atoms with Crippen molar-refractivity contribution < 1.29 is 10.2 Å². The largest absolute Gasteiger partial charge is 0.395 e. The molecular formula is C14H32Cl2N6O2. The van der Waals surface area contributed by atoms with Crippen molar-refractivity contribution in [3.8, 4) is 0 Å². The van der Waals surface area contributed by atoms with E-state index in [1.54, 1.807) is 51.6 Å². The van der Waals surface area contributed by atoms with Crippen LogP contribution in [0.5, 0.6) is 0 Å². The molecule has 0 aromatic heterocycles. The number of halogens is 2. The molecule has 0 aliphatic heterocycles. The molecule has 0 heterocycles. The van der Waals surface area contributed by atoms with E-state index in [4.69, 9.17) is 21.0 Å². The molecule has 4 N–H and O–H groups in total. The maximum Gasteiger partial charge on any atom is 0.132 e. The topological polar surface area (TPSA) is 119 Å². The molecule has 0 amide bonds. The van der Waals surface area contributed by atoms with E-state index in [-0.39, 0.29) is 49.7 Å². The van der Waals surface area contributed by atoms with Gasteiger partial charge in [-0.05, 0) is 27.7 Å². The average Bonchev–Trinajstić information content (AvgIpc) is 2.44. The Morgan fingerprint density at radius 3 is 1.25 bits per heavy atom. The molecule has 0 saturated carbocycles. The molecule has 0 radical (unpaired) electrons. The first-order valence-electron chi connectivity index (χ1n) is 7.25. The first-order valence-corrected chi connectivity index (χ1v) is 7.25. The lowest BCUT2D eigenvalue weighted by Gasteiger charge is -2.31. The molecule has 0 atom stereocenters. The third kappa shape index (κ3) is 8.23. The van der Waals surface area contributed by atoms with Crippen molar-refractivity contribution in [2.75, 3.05) is 40.4 Å². The number of amidine groups is 2. The Bertz CT molecular complexity index is 391. The zero-order chi connectivity index (χ0) is 17.6. The predicted octanol–water partition coefficient (Wildman–Crippen LogP) is 1.64. The van der Waals surface area contributed by atoms with Gasteiger partial charge in [0.15, 0.2) is 0 Å². The summed E-state index contributed by atoms with van der Waals surface area (Å²) in [5, 5.41) is 42.6. The Morgan fingerprint density at radius 1 is 0.792 bits per heavy atom. The van der Waals surface area contributed by atoms with Crippen LogP contribution in [0.3, 0.4) is 0 Å². The molecule has 0 aromatic rings. The lowest BCUT2D eigenvalue weighted by molar-refractivity contribution is 0.257. The van der Waals surface area contributed by atoms with E-state index in [0.717, 1.165) is 0 Å². The predicted molar refractivity (Wildman–Crippen MR) is 102 cm³/mol. The van der Waals surface area contributed by atoms with Gasteiger partial charge in [-0.1, -0.05) is 0 Å². The van der Waals surface area contributed by atoms with Gasteiger partial charge in [-0.15, -0.1) is 24.8 Å². The second-order valence-electron chi connectivity index (χ2n) is 6.31. The summed E-state index contributed by atoms with van der Waals surface area (Å²) in [6.45, 7) is 7.72. The van der Waals surface area contributed by atoms with Crippen LogP contribution in [0.25, 0.3) is 0 Å². The Hall–Kier alpha value is -0.960. The Labute approximate surface area is 157 Å². The molecule has 0 rings (SSSR count). The van der Waals surface area contributed by atoms with Crippen molar-refractivity contribution in [3.05, 3.63) is 0 Å². The highest BCUT2D eigenvalue weighted by Crippen LogP contribution is 2.19. The summed E-state index contributed by atoms with van der Waals surface area (Å²) >= 11 is 0. The molecule has 0 aromatic carbocycles. The molecule has 0 fully saturated rings. The first-order chi connectivity index (χ1) is 9.99. The lowest BCUT2D eigenvalue weighted by Crippen LogP contribution is -2.45. The van der Waals surface area contributed by atoms with Gasteiger partial charge in [0.2, 0.25) is 0 Å². The second-order valence-corrected chi connectivity index (χ2v) is 6.31. The molecule has 0 bridgehead atoms. The number of hydrogen-bond acceptors (Lipinski definition) is 6. The van der Waals surface area contributed by atoms with Gasteiger partial charge < -0.3 is 20.0 Å². The molecule has 0 unspecified atom stereocenters. The fraction of sp³-hybridized carbons (Fsp3) is 0.857. The fourth-order valence-corrected chi connectivity index (χ4v) is 1.80. The number of nitrogens with zero attached hydrogens (tertiary/aromatic N) is 4. The first kappa shape index (κ1) is 27.9. The van der Waals surface area contributed by atoms with Crippen LogP contribution in [0.2, 0.25) is 0 Å². The Kier molecular flexibility index (Phi) is 13.4. The van der Waals surface area contributed by atoms with E-state index in [2.05, 4.69) is 10.2 Å². The highest BCUT2D eigenvalue weighted by molar-refractivity contribution is 5.89. The molecule has 24 heavy (non-hydrogen) atoms. The minimum absolute atomic E-state index is 0. The van der Waals surface area contributed by atoms with Crippen LogP contribution in [0.15, 0.2) is 10.2 Å². The molecular weight excluding hydrogens is 355 g/mol. The van der Waals surface area contributed by atoms with Gasteiger partial charge in [-0.25, -0.2) is 0 Å². The van der Waals surface area contributed by atoms with E-state index in [0.29, 0.717) is 13.1 Å². The van der Waals surface area contributed by atoms with Gasteiger partial charge in [0.25, 0.3) is 0 Å². The van der Waals surface area contributed by atoms with Crippen molar-refractivity contribution in [3.63, 3.8) is 0 Å². The number of hydrogen-bond donors (Lipinski definition) is 4. The van der Waals surface area contributed by atoms with Crippen LogP contribution in [0, 0.1) is 10.8 Å². The molecule has 0 aliphatic rings. The zero-order valence-electron chi connectivity index (χ0n) is 15.3. The van der Waals surface area contributed by atoms with E-state index in [1.807, 2.05) is 0 Å². The zero-order valence-corrected chi connectivity index (χ0v) is 17.0. The van der Waals surface area contributed by atoms with E-state index in [1.165, 1.54) is 0 Å². The van der Waals surface area contributed by atoms with Gasteiger partial charge in [-0.2, -0.15) is 10.2 Å². The molecule has 0 aliphatic carbocycles. The highest BCUT2D eigenvalue weighted by Gasteiger charge is 2.31. The number of aliphatic hydroxyl groups excluding tert-OH is 2. The van der Waals surface area contributed by atoms with Gasteiger partial charge in [0.1, 0.15) is 22.7 Å². The van der Waals surface area contributed by atoms with Crippen LogP contribution in [0.1, 0.15) is 27.7 Å². The van der Waals surface area contributed by atoms with Crippen LogP contribution < -0.4 is 0 Å². The summed E-state index contributed by atoms with van der Waals surface area (Å²) in [7, 11) is 3.44. The van der Waals surface area contributed by atoms with Crippen molar-refractivity contribution in [2.45, 2.75) is 38.8 Å². The van der Waals surface area contributed by atoms with Gasteiger partial charge in [0.05, 0.1) is 13.2 Å². The van der Waals surface area contributed by atoms with Crippen molar-refractivity contribution in [1.82, 2.24) is 9.80 Å². The van der Waals surface area contributed by atoms with Crippen LogP contribution in [0.4, 0.5) is 0 Å². The molecule has 10 heteroatoms. The minimum Gasteiger partial charge on any atom is -0.395 e. The van der Waals surface area contributed by atoms with Crippen LogP contribution >= 0.6 is 24.8 Å². The van der Waals surface area contributed by atoms with E-state index in [9.17, 15) is 0 Å². The monoisotopic (exact) mass is 386 g/mol. The van der Waals surface area contributed by atoms with Gasteiger partial charge in [0, 0.05) is 27.2 Å². The number of nitrogens with one attached hydrogen (secondary N) is 2. The quantitative estimate of drug-likeness (QED) is 0.288. The van der Waals surface area contributed by atoms with Gasteiger partial charge >= 0.3 is 0 Å². The lowest BCUT2D eigenvalue weighted by atomic mass is 10.0. The van der Waals surface area contributed by atoms with Crippen molar-refractivity contribution >= 4 is 36.5 Å². The van der Waals surface area contributed by atoms with Crippen molar-refractivity contribution in [1.29, 1.82) is 10.8 Å².